The van der Waals surface area contributed by atoms with Crippen LogP contribution in [0.3, 0.4) is 0 Å². The van der Waals surface area contributed by atoms with Gasteiger partial charge in [-0.25, -0.2) is 8.42 Å². The smallest absolute Gasteiger partial charge is 0.374 e. The zero-order chi connectivity index (χ0) is 27.1. The van der Waals surface area contributed by atoms with Gasteiger partial charge >= 0.3 is 12.4 Å². The number of nitrogens with zero attached hydrogens (tertiary/aromatic N) is 1. The van der Waals surface area contributed by atoms with Crippen LogP contribution in [0.25, 0.3) is 0 Å². The first-order valence-corrected chi connectivity index (χ1v) is 13.1. The van der Waals surface area contributed by atoms with Crippen molar-refractivity contribution in [3.63, 3.8) is 0 Å². The first-order valence-electron chi connectivity index (χ1n) is 9.84. The maximum absolute atomic E-state index is 14.2. The first-order chi connectivity index (χ1) is 16.4. The topological polar surface area (TPSA) is 84.8 Å². The van der Waals surface area contributed by atoms with Crippen LogP contribution in [0.5, 0.6) is 0 Å². The molecule has 15 heteroatoms. The van der Waals surface area contributed by atoms with Crippen molar-refractivity contribution in [2.45, 2.75) is 30.9 Å². The summed E-state index contributed by atoms with van der Waals surface area (Å²) in [6.45, 7) is -0.152. The molecule has 2 aromatic carbocycles. The van der Waals surface area contributed by atoms with Crippen molar-refractivity contribution in [3.8, 4) is 0 Å². The molecule has 196 valence electrons. The molecule has 0 bridgehead atoms. The molecule has 0 aliphatic carbocycles. The fourth-order valence-corrected chi connectivity index (χ4v) is 4.72. The minimum Gasteiger partial charge on any atom is -0.374 e. The van der Waals surface area contributed by atoms with Gasteiger partial charge in [0.15, 0.2) is 9.84 Å². The van der Waals surface area contributed by atoms with Crippen LogP contribution in [0.1, 0.15) is 28.7 Å². The lowest BCUT2D eigenvalue weighted by Gasteiger charge is -2.30. The first kappa shape index (κ1) is 28.3. The van der Waals surface area contributed by atoms with E-state index in [1.807, 2.05) is 0 Å². The summed E-state index contributed by atoms with van der Waals surface area (Å²) in [5.74, 6) is -1.50. The molecule has 3 rings (SSSR count). The Balaban J connectivity index is 1.87. The summed E-state index contributed by atoms with van der Waals surface area (Å²) in [6, 6.07) is 5.90. The molecular weight excluding hydrogens is 606 g/mol. The van der Waals surface area contributed by atoms with Crippen molar-refractivity contribution in [2.75, 3.05) is 12.0 Å². The molecule has 0 saturated carbocycles. The van der Waals surface area contributed by atoms with Gasteiger partial charge in [0.25, 0.3) is 5.60 Å². The highest BCUT2D eigenvalue weighted by Gasteiger charge is 2.62. The molecule has 1 heterocycles. The van der Waals surface area contributed by atoms with Gasteiger partial charge in [0.2, 0.25) is 5.91 Å². The summed E-state index contributed by atoms with van der Waals surface area (Å²) in [5.41, 5.74) is -5.01. The van der Waals surface area contributed by atoms with Gasteiger partial charge in [0.1, 0.15) is 5.75 Å². The number of halogens is 8. The van der Waals surface area contributed by atoms with Crippen LogP contribution in [0.2, 0.25) is 5.02 Å². The molecule has 0 radical (unpaired) electrons. The minimum absolute atomic E-state index is 0.0289. The highest BCUT2D eigenvalue weighted by atomic mass is 79.9. The largest absolute Gasteiger partial charge is 0.435 e. The maximum atomic E-state index is 14.2. The van der Waals surface area contributed by atoms with Crippen LogP contribution in [-0.4, -0.2) is 38.2 Å². The summed E-state index contributed by atoms with van der Waals surface area (Å²) in [6.07, 6.45) is -10.1. The molecule has 1 amide bonds. The van der Waals surface area contributed by atoms with Crippen LogP contribution < -0.4 is 5.32 Å². The Morgan fingerprint density at radius 2 is 1.83 bits per heavy atom. The molecule has 1 aliphatic rings. The molecule has 1 N–H and O–H groups in total. The zero-order valence-electron chi connectivity index (χ0n) is 18.1. The van der Waals surface area contributed by atoms with Gasteiger partial charge in [0, 0.05) is 39.8 Å². The Kier molecular flexibility index (Phi) is 7.74. The lowest BCUT2D eigenvalue weighted by molar-refractivity contribution is -0.276. The van der Waals surface area contributed by atoms with Crippen molar-refractivity contribution in [3.05, 3.63) is 68.1 Å². The molecule has 2 aromatic rings. The molecule has 1 atom stereocenters. The lowest BCUT2D eigenvalue weighted by Crippen LogP contribution is -2.43. The molecular formula is C21H16BrClF6N2O4S. The second-order valence-corrected chi connectivity index (χ2v) is 11.5. The van der Waals surface area contributed by atoms with Crippen molar-refractivity contribution in [1.29, 1.82) is 0 Å². The van der Waals surface area contributed by atoms with Gasteiger partial charge in [0.05, 0.1) is 11.3 Å². The third kappa shape index (κ3) is 6.32. The van der Waals surface area contributed by atoms with Crippen LogP contribution in [-0.2, 0) is 37.8 Å². The molecule has 1 aliphatic heterocycles. The number of sulfone groups is 1. The predicted octanol–water partition coefficient (Wildman–Crippen LogP) is 5.36. The Hall–Kier alpha value is -2.32. The van der Waals surface area contributed by atoms with E-state index < -0.39 is 57.0 Å². The number of alkyl halides is 6. The SMILES string of the molecule is CS(=O)(=O)CC(=O)NCc1ccc(C2=NOC(c3cc(Br)cc(C(F)(F)F)c3)(C(F)(F)F)C2)cc1Cl. The molecule has 0 saturated heterocycles. The summed E-state index contributed by atoms with van der Waals surface area (Å²) < 4.78 is 104. The van der Waals surface area contributed by atoms with Gasteiger partial charge < -0.3 is 10.2 Å². The van der Waals surface area contributed by atoms with E-state index in [4.69, 9.17) is 16.4 Å². The van der Waals surface area contributed by atoms with E-state index in [9.17, 15) is 39.6 Å². The summed E-state index contributed by atoms with van der Waals surface area (Å²) in [7, 11) is -3.55. The molecule has 36 heavy (non-hydrogen) atoms. The lowest BCUT2D eigenvalue weighted by atomic mass is 9.85. The van der Waals surface area contributed by atoms with E-state index in [0.29, 0.717) is 17.7 Å². The molecule has 0 aromatic heterocycles. The number of carbonyl (C=O) groups excluding carboxylic acids is 1. The van der Waals surface area contributed by atoms with Gasteiger partial charge in [-0.2, -0.15) is 26.3 Å². The van der Waals surface area contributed by atoms with Crippen molar-refractivity contribution >= 4 is 49.0 Å². The van der Waals surface area contributed by atoms with Gasteiger partial charge in [-0.3, -0.25) is 4.79 Å². The highest BCUT2D eigenvalue weighted by Crippen LogP contribution is 2.50. The third-order valence-electron chi connectivity index (χ3n) is 5.13. The monoisotopic (exact) mass is 620 g/mol. The standard InChI is InChI=1S/C21H16BrClF6N2O4S/c1-36(33,34)10-18(32)30-9-12-3-2-11(4-16(12)23)17-8-19(35-31-17,21(27,28)29)13-5-14(20(24,25)26)7-15(22)6-13/h2-7H,8-10H2,1H3,(H,30,32). The number of benzene rings is 2. The Bertz CT molecular complexity index is 1330. The molecule has 1 unspecified atom stereocenters. The van der Waals surface area contributed by atoms with Crippen LogP contribution in [0.15, 0.2) is 46.0 Å². The second kappa shape index (κ2) is 9.86. The Morgan fingerprint density at radius 3 is 2.39 bits per heavy atom. The minimum atomic E-state index is -5.13. The van der Waals surface area contributed by atoms with Crippen LogP contribution in [0, 0.1) is 0 Å². The third-order valence-corrected chi connectivity index (χ3v) is 6.73. The fraction of sp³-hybridized carbons (Fsp3) is 0.333. The maximum Gasteiger partial charge on any atom is 0.435 e. The number of hydrogen-bond donors (Lipinski definition) is 1. The number of nitrogens with one attached hydrogen (secondary N) is 1. The number of carbonyl (C=O) groups is 1. The van der Waals surface area contributed by atoms with Crippen molar-refractivity contribution in [1.82, 2.24) is 5.32 Å². The van der Waals surface area contributed by atoms with E-state index in [1.54, 1.807) is 0 Å². The average molecular weight is 622 g/mol. The van der Waals surface area contributed by atoms with E-state index in [-0.39, 0.29) is 27.3 Å². The average Bonchev–Trinajstić information content (AvgIpc) is 3.17. The Morgan fingerprint density at radius 1 is 1.17 bits per heavy atom. The summed E-state index contributed by atoms with van der Waals surface area (Å²) in [4.78, 5) is 16.5. The van der Waals surface area contributed by atoms with Crippen LogP contribution in [0.4, 0.5) is 26.3 Å². The quantitative estimate of drug-likeness (QED) is 0.440. The zero-order valence-corrected chi connectivity index (χ0v) is 21.3. The molecule has 0 spiro atoms. The van der Waals surface area contributed by atoms with Gasteiger partial charge in [-0.05, 0) is 29.8 Å². The second-order valence-electron chi connectivity index (χ2n) is 8.01. The van der Waals surface area contributed by atoms with Crippen molar-refractivity contribution in [2.24, 2.45) is 5.16 Å². The summed E-state index contributed by atoms with van der Waals surface area (Å²) in [5, 5.41) is 5.90. The van der Waals surface area contributed by atoms with Crippen molar-refractivity contribution < 1.29 is 44.4 Å². The highest BCUT2D eigenvalue weighted by molar-refractivity contribution is 9.10. The molecule has 6 nitrogen and oxygen atoms in total. The van der Waals surface area contributed by atoms with E-state index in [0.717, 1.165) is 12.3 Å². The van der Waals surface area contributed by atoms with E-state index in [2.05, 4.69) is 26.4 Å². The van der Waals surface area contributed by atoms with Gasteiger partial charge in [-0.15, -0.1) is 0 Å². The van der Waals surface area contributed by atoms with Crippen LogP contribution >= 0.6 is 27.5 Å². The Labute approximate surface area is 214 Å². The number of oxime groups is 1. The molecule has 0 fully saturated rings. The van der Waals surface area contributed by atoms with E-state index in [1.165, 1.54) is 18.2 Å². The van der Waals surface area contributed by atoms with Gasteiger partial charge in [-0.1, -0.05) is 44.8 Å². The number of rotatable bonds is 6. The summed E-state index contributed by atoms with van der Waals surface area (Å²) >= 11 is 9.00. The predicted molar refractivity (Wildman–Crippen MR) is 122 cm³/mol. The normalized spacial score (nSPS) is 18.5. The fourth-order valence-electron chi connectivity index (χ4n) is 3.40. The number of amides is 1. The van der Waals surface area contributed by atoms with E-state index >= 15 is 0 Å². The number of hydrogen-bond acceptors (Lipinski definition) is 5.